The molecule has 0 aliphatic heterocycles. The quantitative estimate of drug-likeness (QED) is 0.562. The zero-order chi connectivity index (χ0) is 17.1. The van der Waals surface area contributed by atoms with E-state index in [-0.39, 0.29) is 40.9 Å². The fourth-order valence-electron chi connectivity index (χ4n) is 3.29. The molecule has 0 bridgehead atoms. The number of aliphatic hydroxyl groups is 2. The van der Waals surface area contributed by atoms with Crippen LogP contribution in [0.3, 0.4) is 0 Å². The number of carbonyl (C=O) groups excluding carboxylic acids is 2. The van der Waals surface area contributed by atoms with Gasteiger partial charge in [-0.05, 0) is 6.92 Å². The summed E-state index contributed by atoms with van der Waals surface area (Å²) in [6, 6.07) is 0. The molecule has 0 saturated carbocycles. The molecule has 0 aromatic heterocycles. The molecule has 0 heterocycles. The Morgan fingerprint density at radius 1 is 1.22 bits per heavy atom. The van der Waals surface area contributed by atoms with Crippen molar-refractivity contribution in [3.63, 3.8) is 0 Å². The van der Waals surface area contributed by atoms with Gasteiger partial charge in [-0.1, -0.05) is 0 Å². The van der Waals surface area contributed by atoms with E-state index in [2.05, 4.69) is 0 Å². The number of carbonyl (C=O) groups is 2. The van der Waals surface area contributed by atoms with Crippen molar-refractivity contribution in [2.75, 3.05) is 7.11 Å². The van der Waals surface area contributed by atoms with Gasteiger partial charge in [0.2, 0.25) is 5.78 Å². The molecule has 0 spiro atoms. The van der Waals surface area contributed by atoms with Crippen molar-refractivity contribution in [2.45, 2.75) is 31.5 Å². The highest BCUT2D eigenvalue weighted by Crippen LogP contribution is 2.49. The standard InChI is InChI=1S/C16H16O7/c1-16(22)4-6-10(8(18)5-16)15(21)11-7(17)3-9(23-2)14(20)12(11)13(6)19/h3,8,18-19,21-22H,4-5H2,1-2H3/t8-,16+/m0/s1. The molecular formula is C16H16O7. The van der Waals surface area contributed by atoms with Crippen molar-refractivity contribution >= 4 is 11.6 Å². The molecule has 0 saturated heterocycles. The van der Waals surface area contributed by atoms with Gasteiger partial charge in [0.15, 0.2) is 11.5 Å². The van der Waals surface area contributed by atoms with E-state index in [1.807, 2.05) is 0 Å². The summed E-state index contributed by atoms with van der Waals surface area (Å²) in [5.74, 6) is -2.75. The van der Waals surface area contributed by atoms with E-state index in [0.29, 0.717) is 0 Å². The van der Waals surface area contributed by atoms with Crippen LogP contribution in [0, 0.1) is 0 Å². The number of aromatic hydroxyl groups is 2. The van der Waals surface area contributed by atoms with Crippen molar-refractivity contribution in [3.8, 4) is 11.5 Å². The fraction of sp³-hybridized carbons (Fsp3) is 0.375. The number of Topliss-reactive ketones (excluding diaryl/α,β-unsaturated/α-hetero) is 1. The largest absolute Gasteiger partial charge is 0.507 e. The van der Waals surface area contributed by atoms with Gasteiger partial charge in [0.1, 0.15) is 11.5 Å². The Hall–Kier alpha value is -2.38. The third-order valence-corrected chi connectivity index (χ3v) is 4.29. The minimum Gasteiger partial charge on any atom is -0.507 e. The number of hydrogen-bond acceptors (Lipinski definition) is 7. The van der Waals surface area contributed by atoms with Crippen LogP contribution in [0.4, 0.5) is 0 Å². The van der Waals surface area contributed by atoms with E-state index in [4.69, 9.17) is 4.74 Å². The zero-order valence-electron chi connectivity index (χ0n) is 12.6. The van der Waals surface area contributed by atoms with E-state index < -0.39 is 34.8 Å². The molecule has 122 valence electrons. The monoisotopic (exact) mass is 320 g/mol. The van der Waals surface area contributed by atoms with E-state index in [1.54, 1.807) is 0 Å². The first-order valence-electron chi connectivity index (χ1n) is 7.03. The molecule has 2 atom stereocenters. The zero-order valence-corrected chi connectivity index (χ0v) is 12.6. The van der Waals surface area contributed by atoms with Gasteiger partial charge in [-0.3, -0.25) is 9.59 Å². The minimum absolute atomic E-state index is 0.0248. The lowest BCUT2D eigenvalue weighted by Gasteiger charge is -2.35. The number of benzene rings is 1. The number of allylic oxidation sites excluding steroid dienone is 2. The minimum atomic E-state index is -1.31. The van der Waals surface area contributed by atoms with Gasteiger partial charge in [-0.2, -0.15) is 0 Å². The number of rotatable bonds is 1. The van der Waals surface area contributed by atoms with Crippen LogP contribution in [0.5, 0.6) is 11.5 Å². The summed E-state index contributed by atoms with van der Waals surface area (Å²) < 4.78 is 4.83. The molecule has 2 aliphatic carbocycles. The Morgan fingerprint density at radius 2 is 1.87 bits per heavy atom. The van der Waals surface area contributed by atoms with Gasteiger partial charge in [-0.15, -0.1) is 0 Å². The smallest absolute Gasteiger partial charge is 0.232 e. The topological polar surface area (TPSA) is 124 Å². The highest BCUT2D eigenvalue weighted by Gasteiger charge is 2.42. The molecule has 23 heavy (non-hydrogen) atoms. The third kappa shape index (κ3) is 2.12. The van der Waals surface area contributed by atoms with Crippen molar-refractivity contribution in [1.82, 2.24) is 0 Å². The van der Waals surface area contributed by atoms with Gasteiger partial charge in [0.05, 0.1) is 29.9 Å². The number of ether oxygens (including phenoxy) is 1. The molecule has 7 heteroatoms. The Bertz CT molecular complexity index is 773. The number of hydrogen-bond donors (Lipinski definition) is 4. The maximum absolute atomic E-state index is 12.4. The maximum atomic E-state index is 12.4. The average molecular weight is 320 g/mol. The Morgan fingerprint density at radius 3 is 2.48 bits per heavy atom. The summed E-state index contributed by atoms with van der Waals surface area (Å²) in [6.45, 7) is 1.47. The van der Waals surface area contributed by atoms with Crippen LogP contribution in [0.25, 0.3) is 0 Å². The average Bonchev–Trinajstić information content (AvgIpc) is 2.44. The van der Waals surface area contributed by atoms with Gasteiger partial charge in [0.25, 0.3) is 0 Å². The van der Waals surface area contributed by atoms with Crippen LogP contribution >= 0.6 is 0 Å². The van der Waals surface area contributed by atoms with Crippen LogP contribution in [-0.2, 0) is 11.2 Å². The van der Waals surface area contributed by atoms with Gasteiger partial charge >= 0.3 is 0 Å². The first-order chi connectivity index (χ1) is 10.7. The van der Waals surface area contributed by atoms with Crippen molar-refractivity contribution in [2.24, 2.45) is 0 Å². The van der Waals surface area contributed by atoms with Crippen LogP contribution in [0.15, 0.2) is 11.8 Å². The lowest BCUT2D eigenvalue weighted by atomic mass is 9.75. The number of ketones is 2. The van der Waals surface area contributed by atoms with Crippen molar-refractivity contribution in [1.29, 1.82) is 0 Å². The molecule has 0 radical (unpaired) electrons. The maximum Gasteiger partial charge on any atom is 0.232 e. The first-order valence-corrected chi connectivity index (χ1v) is 7.03. The van der Waals surface area contributed by atoms with E-state index in [9.17, 15) is 30.0 Å². The van der Waals surface area contributed by atoms with Crippen LogP contribution in [-0.4, -0.2) is 44.7 Å². The molecule has 0 amide bonds. The summed E-state index contributed by atoms with van der Waals surface area (Å²) in [4.78, 5) is 24.5. The number of phenols is 2. The van der Waals surface area contributed by atoms with Crippen LogP contribution in [0.1, 0.15) is 51.3 Å². The number of phenolic OH excluding ortho intramolecular Hbond substituents is 2. The Balaban J connectivity index is 2.34. The lowest BCUT2D eigenvalue weighted by molar-refractivity contribution is -0.00904. The number of aliphatic hydroxyl groups excluding tert-OH is 1. The summed E-state index contributed by atoms with van der Waals surface area (Å²) >= 11 is 0. The molecule has 3 rings (SSSR count). The molecule has 7 nitrogen and oxygen atoms in total. The molecule has 1 aromatic rings. The van der Waals surface area contributed by atoms with E-state index in [0.717, 1.165) is 6.08 Å². The highest BCUT2D eigenvalue weighted by atomic mass is 16.5. The van der Waals surface area contributed by atoms with Crippen molar-refractivity contribution < 1.29 is 34.8 Å². The summed E-state index contributed by atoms with van der Waals surface area (Å²) in [6.07, 6.45) is -0.463. The number of fused-ring (bicyclic) bond motifs is 2. The Kier molecular flexibility index (Phi) is 3.24. The van der Waals surface area contributed by atoms with Gasteiger partial charge in [0, 0.05) is 30.0 Å². The van der Waals surface area contributed by atoms with Crippen LogP contribution in [0.2, 0.25) is 0 Å². The molecule has 4 N–H and O–H groups in total. The van der Waals surface area contributed by atoms with Crippen LogP contribution < -0.4 is 0 Å². The van der Waals surface area contributed by atoms with Gasteiger partial charge < -0.3 is 25.2 Å². The third-order valence-electron chi connectivity index (χ3n) is 4.29. The molecule has 2 aliphatic rings. The van der Waals surface area contributed by atoms with E-state index in [1.165, 1.54) is 14.0 Å². The fourth-order valence-corrected chi connectivity index (χ4v) is 3.29. The molecule has 0 unspecified atom stereocenters. The second-order valence-corrected chi connectivity index (χ2v) is 6.14. The first kappa shape index (κ1) is 15.5. The van der Waals surface area contributed by atoms with Gasteiger partial charge in [-0.25, -0.2) is 0 Å². The second-order valence-electron chi connectivity index (χ2n) is 6.14. The number of methoxy groups -OCH3 is 1. The molecule has 1 aromatic carbocycles. The molecule has 0 fully saturated rings. The SMILES string of the molecule is COC1=CC(=O)c2c(O)c3c(c(O)c2C1=O)C[C@@](C)(O)C[C@@H]3O. The normalized spacial score (nSPS) is 26.4. The van der Waals surface area contributed by atoms with E-state index >= 15 is 0 Å². The Labute approximate surface area is 131 Å². The predicted octanol–water partition coefficient (Wildman–Crippen LogP) is 0.738. The predicted molar refractivity (Wildman–Crippen MR) is 77.4 cm³/mol. The molecular weight excluding hydrogens is 304 g/mol. The van der Waals surface area contributed by atoms with Crippen molar-refractivity contribution in [3.05, 3.63) is 34.1 Å². The summed E-state index contributed by atoms with van der Waals surface area (Å²) in [7, 11) is 1.21. The summed E-state index contributed by atoms with van der Waals surface area (Å²) in [5.41, 5.74) is -2.00. The second kappa shape index (κ2) is 4.81. The highest BCUT2D eigenvalue weighted by molar-refractivity contribution is 6.26. The summed E-state index contributed by atoms with van der Waals surface area (Å²) in [5, 5.41) is 41.2. The lowest BCUT2D eigenvalue weighted by Crippen LogP contribution is -2.35.